The second kappa shape index (κ2) is 5.52. The third kappa shape index (κ3) is 2.20. The van der Waals surface area contributed by atoms with Crippen LogP contribution in [-0.2, 0) is 20.9 Å². The number of imidazole rings is 1. The van der Waals surface area contributed by atoms with E-state index in [0.29, 0.717) is 5.82 Å². The van der Waals surface area contributed by atoms with Crippen molar-refractivity contribution in [2.75, 3.05) is 6.54 Å². The van der Waals surface area contributed by atoms with E-state index in [-0.39, 0.29) is 54.5 Å². The van der Waals surface area contributed by atoms with E-state index in [1.165, 1.54) is 0 Å². The summed E-state index contributed by atoms with van der Waals surface area (Å²) in [5.41, 5.74) is 1.73. The first-order valence-electron chi connectivity index (χ1n) is 8.85. The van der Waals surface area contributed by atoms with Gasteiger partial charge in [0.25, 0.3) is 0 Å². The first-order chi connectivity index (χ1) is 12.6. The van der Waals surface area contributed by atoms with Crippen LogP contribution in [-0.4, -0.2) is 39.1 Å². The molecule has 3 aliphatic rings. The van der Waals surface area contributed by atoms with Gasteiger partial charge < -0.3 is 10.3 Å². The fraction of sp³-hybridized carbons (Fsp3) is 0.368. The van der Waals surface area contributed by atoms with Crippen LogP contribution in [0.4, 0.5) is 0 Å². The first kappa shape index (κ1) is 15.3. The van der Waals surface area contributed by atoms with E-state index in [0.717, 1.165) is 22.4 Å². The van der Waals surface area contributed by atoms with Crippen LogP contribution >= 0.6 is 0 Å². The Labute approximate surface area is 149 Å². The van der Waals surface area contributed by atoms with E-state index in [4.69, 9.17) is 0 Å². The van der Waals surface area contributed by atoms with Crippen molar-refractivity contribution in [2.45, 2.75) is 13.0 Å². The van der Waals surface area contributed by atoms with Crippen LogP contribution in [0.25, 0.3) is 11.0 Å². The predicted molar refractivity (Wildman–Crippen MR) is 92.4 cm³/mol. The monoisotopic (exact) mass is 350 g/mol. The highest BCUT2D eigenvalue weighted by molar-refractivity contribution is 6.08. The number of carbonyl (C=O) groups excluding carboxylic acids is 3. The lowest BCUT2D eigenvalue weighted by Gasteiger charge is -2.16. The second-order valence-electron chi connectivity index (χ2n) is 7.24. The standard InChI is InChI=1S/C19H18N4O3/c24-15(20-8-14-21-12-3-1-2-4-13(12)22-14)9-23-18(25)16-10-5-6-11(7-10)17(16)19(23)26/h1-6,10-11,16-17H,7-9H2,(H,20,24)(H,21,22). The van der Waals surface area contributed by atoms with Crippen molar-refractivity contribution in [1.82, 2.24) is 20.2 Å². The average Bonchev–Trinajstić information content (AvgIpc) is 3.39. The zero-order chi connectivity index (χ0) is 17.8. The number of aromatic nitrogens is 2. The fourth-order valence-electron chi connectivity index (χ4n) is 4.59. The molecular weight excluding hydrogens is 332 g/mol. The normalized spacial score (nSPS) is 29.0. The maximum absolute atomic E-state index is 12.6. The number of fused-ring (bicyclic) bond motifs is 6. The molecule has 7 heteroatoms. The maximum Gasteiger partial charge on any atom is 0.240 e. The van der Waals surface area contributed by atoms with E-state index in [1.54, 1.807) is 0 Å². The zero-order valence-electron chi connectivity index (χ0n) is 14.0. The minimum Gasteiger partial charge on any atom is -0.347 e. The number of aromatic amines is 1. The Balaban J connectivity index is 1.23. The lowest BCUT2D eigenvalue weighted by Crippen LogP contribution is -2.41. The Kier molecular flexibility index (Phi) is 3.25. The third-order valence-electron chi connectivity index (χ3n) is 5.75. The van der Waals surface area contributed by atoms with Crippen LogP contribution in [0.15, 0.2) is 36.4 Å². The summed E-state index contributed by atoms with van der Waals surface area (Å²) in [5.74, 6) is -0.326. The number of likely N-dealkylation sites (tertiary alicyclic amines) is 1. The van der Waals surface area contributed by atoms with Crippen LogP contribution in [0.2, 0.25) is 0 Å². The van der Waals surface area contributed by atoms with Gasteiger partial charge >= 0.3 is 0 Å². The number of para-hydroxylation sites is 2. The summed E-state index contributed by atoms with van der Waals surface area (Å²) in [5, 5.41) is 2.74. The van der Waals surface area contributed by atoms with Crippen LogP contribution in [0.5, 0.6) is 0 Å². The van der Waals surface area contributed by atoms with E-state index in [1.807, 2.05) is 36.4 Å². The number of amides is 3. The van der Waals surface area contributed by atoms with E-state index in [2.05, 4.69) is 15.3 Å². The van der Waals surface area contributed by atoms with Crippen LogP contribution in [0, 0.1) is 23.7 Å². The van der Waals surface area contributed by atoms with E-state index in [9.17, 15) is 14.4 Å². The molecule has 2 aromatic rings. The molecule has 2 N–H and O–H groups in total. The van der Waals surface area contributed by atoms with Gasteiger partial charge in [0.05, 0.1) is 29.4 Å². The molecule has 0 spiro atoms. The van der Waals surface area contributed by atoms with Gasteiger partial charge in [0.15, 0.2) is 0 Å². The molecule has 1 aliphatic heterocycles. The van der Waals surface area contributed by atoms with Crippen molar-refractivity contribution in [3.63, 3.8) is 0 Å². The lowest BCUT2D eigenvalue weighted by molar-refractivity contribution is -0.144. The highest BCUT2D eigenvalue weighted by Crippen LogP contribution is 2.52. The number of allylic oxidation sites excluding steroid dienone is 2. The SMILES string of the molecule is O=C(CN1C(=O)C2C3C=CC(C3)C2C1=O)NCc1nc2ccccc2[nH]1. The highest BCUT2D eigenvalue weighted by atomic mass is 16.2. The van der Waals surface area contributed by atoms with Gasteiger partial charge in [-0.25, -0.2) is 4.98 Å². The van der Waals surface area contributed by atoms with Gasteiger partial charge in [-0.2, -0.15) is 0 Å². The van der Waals surface area contributed by atoms with Crippen molar-refractivity contribution >= 4 is 28.8 Å². The van der Waals surface area contributed by atoms with Gasteiger partial charge in [-0.3, -0.25) is 19.3 Å². The van der Waals surface area contributed by atoms with Crippen molar-refractivity contribution in [1.29, 1.82) is 0 Å². The molecule has 1 saturated carbocycles. The van der Waals surface area contributed by atoms with Gasteiger partial charge in [-0.05, 0) is 30.4 Å². The summed E-state index contributed by atoms with van der Waals surface area (Å²) in [6.45, 7) is 0.00767. The number of rotatable bonds is 4. The molecule has 1 saturated heterocycles. The van der Waals surface area contributed by atoms with Crippen LogP contribution < -0.4 is 5.32 Å². The smallest absolute Gasteiger partial charge is 0.240 e. The summed E-state index contributed by atoms with van der Waals surface area (Å²) in [4.78, 5) is 46.1. The zero-order valence-corrected chi connectivity index (χ0v) is 14.0. The molecular formula is C19H18N4O3. The molecule has 1 aromatic carbocycles. The van der Waals surface area contributed by atoms with Crippen molar-refractivity contribution in [3.05, 3.63) is 42.2 Å². The summed E-state index contributed by atoms with van der Waals surface area (Å²) < 4.78 is 0. The molecule has 3 amide bonds. The minimum absolute atomic E-state index is 0.157. The Hall–Kier alpha value is -2.96. The van der Waals surface area contributed by atoms with Gasteiger partial charge in [0.2, 0.25) is 17.7 Å². The number of benzene rings is 1. The molecule has 2 fully saturated rings. The molecule has 7 nitrogen and oxygen atoms in total. The summed E-state index contributed by atoms with van der Waals surface area (Å²) in [7, 11) is 0. The molecule has 2 heterocycles. The minimum atomic E-state index is -0.354. The molecule has 2 bridgehead atoms. The second-order valence-corrected chi connectivity index (χ2v) is 7.24. The summed E-state index contributed by atoms with van der Waals surface area (Å²) >= 11 is 0. The van der Waals surface area contributed by atoms with E-state index < -0.39 is 0 Å². The third-order valence-corrected chi connectivity index (χ3v) is 5.75. The number of nitrogens with one attached hydrogen (secondary N) is 2. The number of nitrogens with zero attached hydrogens (tertiary/aromatic N) is 2. The van der Waals surface area contributed by atoms with Gasteiger partial charge in [-0.1, -0.05) is 24.3 Å². The summed E-state index contributed by atoms with van der Waals surface area (Å²) in [6, 6.07) is 7.61. The van der Waals surface area contributed by atoms with Gasteiger partial charge in [-0.15, -0.1) is 0 Å². The Morgan fingerprint density at radius 2 is 1.85 bits per heavy atom. The molecule has 4 unspecified atom stereocenters. The molecule has 2 aliphatic carbocycles. The van der Waals surface area contributed by atoms with Crippen molar-refractivity contribution in [3.8, 4) is 0 Å². The van der Waals surface area contributed by atoms with Crippen molar-refractivity contribution in [2.24, 2.45) is 23.7 Å². The Morgan fingerprint density at radius 3 is 2.54 bits per heavy atom. The molecule has 4 atom stereocenters. The molecule has 26 heavy (non-hydrogen) atoms. The highest BCUT2D eigenvalue weighted by Gasteiger charge is 2.59. The first-order valence-corrected chi connectivity index (χ1v) is 8.85. The molecule has 0 radical (unpaired) electrons. The van der Waals surface area contributed by atoms with E-state index >= 15 is 0 Å². The predicted octanol–water partition coefficient (Wildman–Crippen LogP) is 0.986. The fourth-order valence-corrected chi connectivity index (χ4v) is 4.59. The topological polar surface area (TPSA) is 95.2 Å². The van der Waals surface area contributed by atoms with Gasteiger partial charge in [0.1, 0.15) is 12.4 Å². The number of hydrogen-bond acceptors (Lipinski definition) is 4. The number of carbonyl (C=O) groups is 3. The average molecular weight is 350 g/mol. The maximum atomic E-state index is 12.6. The van der Waals surface area contributed by atoms with Crippen molar-refractivity contribution < 1.29 is 14.4 Å². The number of hydrogen-bond donors (Lipinski definition) is 2. The van der Waals surface area contributed by atoms with Crippen LogP contribution in [0.3, 0.4) is 0 Å². The Bertz CT molecular complexity index is 900. The van der Waals surface area contributed by atoms with Crippen LogP contribution in [0.1, 0.15) is 12.2 Å². The summed E-state index contributed by atoms with van der Waals surface area (Å²) in [6.07, 6.45) is 4.98. The number of imide groups is 1. The van der Waals surface area contributed by atoms with Gasteiger partial charge in [0, 0.05) is 0 Å². The largest absolute Gasteiger partial charge is 0.347 e. The molecule has 1 aromatic heterocycles. The molecule has 132 valence electrons. The quantitative estimate of drug-likeness (QED) is 0.635. The lowest BCUT2D eigenvalue weighted by atomic mass is 9.85. The number of H-pyrrole nitrogens is 1. The molecule has 5 rings (SSSR count). The Morgan fingerprint density at radius 1 is 1.15 bits per heavy atom.